The Hall–Kier alpha value is -0.0500. The molecule has 3 unspecified atom stereocenters. The summed E-state index contributed by atoms with van der Waals surface area (Å²) in [5, 5.41) is 4.06. The van der Waals surface area contributed by atoms with E-state index in [9.17, 15) is 4.79 Å². The molecule has 2 fully saturated rings. The van der Waals surface area contributed by atoms with E-state index in [1.807, 2.05) is 0 Å². The first-order chi connectivity index (χ1) is 7.52. The highest BCUT2D eigenvalue weighted by molar-refractivity contribution is 9.09. The molecule has 1 N–H and O–H groups in total. The molecule has 3 atom stereocenters. The van der Waals surface area contributed by atoms with Crippen molar-refractivity contribution in [3.63, 3.8) is 0 Å². The van der Waals surface area contributed by atoms with E-state index in [1.54, 1.807) is 0 Å². The zero-order chi connectivity index (χ0) is 11.8. The van der Waals surface area contributed by atoms with Crippen LogP contribution in [0.3, 0.4) is 0 Å². The summed E-state index contributed by atoms with van der Waals surface area (Å²) in [6.45, 7) is 5.12. The van der Waals surface area contributed by atoms with Gasteiger partial charge >= 0.3 is 0 Å². The molecule has 2 rings (SSSR count). The fourth-order valence-corrected chi connectivity index (χ4v) is 3.27. The highest BCUT2D eigenvalue weighted by atomic mass is 79.9. The van der Waals surface area contributed by atoms with Crippen molar-refractivity contribution >= 4 is 21.8 Å². The first-order valence-corrected chi connectivity index (χ1v) is 7.48. The Kier molecular flexibility index (Phi) is 3.62. The van der Waals surface area contributed by atoms with Crippen molar-refractivity contribution in [3.05, 3.63) is 0 Å². The lowest BCUT2D eigenvalue weighted by Crippen LogP contribution is -2.39. The lowest BCUT2D eigenvalue weighted by atomic mass is 9.87. The minimum absolute atomic E-state index is 0.160. The zero-order valence-electron chi connectivity index (χ0n) is 10.3. The number of rotatable bonds is 4. The van der Waals surface area contributed by atoms with Crippen molar-refractivity contribution in [1.82, 2.24) is 5.32 Å². The molecule has 0 radical (unpaired) electrons. The van der Waals surface area contributed by atoms with Gasteiger partial charge < -0.3 is 5.32 Å². The molecule has 0 saturated heterocycles. The molecule has 3 heteroatoms. The van der Waals surface area contributed by atoms with E-state index >= 15 is 0 Å². The molecule has 0 aromatic carbocycles. The van der Waals surface area contributed by atoms with Crippen molar-refractivity contribution in [1.29, 1.82) is 0 Å². The highest BCUT2D eigenvalue weighted by Gasteiger charge is 2.43. The van der Waals surface area contributed by atoms with Gasteiger partial charge in [-0.1, -0.05) is 36.2 Å². The minimum atomic E-state index is 0.160. The van der Waals surface area contributed by atoms with Crippen LogP contribution in [0, 0.1) is 23.2 Å². The summed E-state index contributed by atoms with van der Waals surface area (Å²) < 4.78 is 0. The van der Waals surface area contributed by atoms with Crippen LogP contribution in [-0.2, 0) is 4.79 Å². The second kappa shape index (κ2) is 4.67. The van der Waals surface area contributed by atoms with E-state index in [1.165, 1.54) is 19.3 Å². The van der Waals surface area contributed by atoms with Gasteiger partial charge in [-0.05, 0) is 36.5 Å². The van der Waals surface area contributed by atoms with Gasteiger partial charge in [-0.3, -0.25) is 4.79 Å². The summed E-state index contributed by atoms with van der Waals surface area (Å²) in [4.78, 5) is 12.1. The number of carbonyl (C=O) groups excluding carboxylic acids is 1. The molecule has 92 valence electrons. The highest BCUT2D eigenvalue weighted by Crippen LogP contribution is 2.48. The summed E-state index contributed by atoms with van der Waals surface area (Å²) in [5.74, 6) is 2.17. The maximum atomic E-state index is 12.1. The SMILES string of the molecule is CC(C)(CBr)CNC(=O)C1CC2CCC1C2. The molecule has 2 aliphatic rings. The summed E-state index contributed by atoms with van der Waals surface area (Å²) in [6, 6.07) is 0. The molecular weight excluding hydrogens is 266 g/mol. The monoisotopic (exact) mass is 287 g/mol. The predicted molar refractivity (Wildman–Crippen MR) is 69.5 cm³/mol. The molecule has 2 bridgehead atoms. The fraction of sp³-hybridized carbons (Fsp3) is 0.923. The van der Waals surface area contributed by atoms with Gasteiger partial charge in [-0.2, -0.15) is 0 Å². The van der Waals surface area contributed by atoms with Gasteiger partial charge in [-0.15, -0.1) is 0 Å². The molecule has 0 aromatic rings. The first-order valence-electron chi connectivity index (χ1n) is 6.35. The molecule has 2 nitrogen and oxygen atoms in total. The molecule has 2 saturated carbocycles. The Bertz CT molecular complexity index is 277. The number of alkyl halides is 1. The van der Waals surface area contributed by atoms with Crippen molar-refractivity contribution in [3.8, 4) is 0 Å². The Labute approximate surface area is 107 Å². The van der Waals surface area contributed by atoms with Crippen molar-refractivity contribution in [2.45, 2.75) is 39.5 Å². The van der Waals surface area contributed by atoms with Crippen LogP contribution in [0.2, 0.25) is 0 Å². The summed E-state index contributed by atoms with van der Waals surface area (Å²) in [7, 11) is 0. The van der Waals surface area contributed by atoms with Gasteiger partial charge in [0, 0.05) is 17.8 Å². The summed E-state index contributed by atoms with van der Waals surface area (Å²) >= 11 is 3.49. The van der Waals surface area contributed by atoms with E-state index in [2.05, 4.69) is 35.1 Å². The summed E-state index contributed by atoms with van der Waals surface area (Å²) in [6.07, 6.45) is 5.09. The third kappa shape index (κ3) is 2.61. The second-order valence-corrected chi connectivity index (χ2v) is 6.86. The van der Waals surface area contributed by atoms with Gasteiger partial charge in [0.2, 0.25) is 5.91 Å². The first kappa shape index (κ1) is 12.4. The molecule has 2 aliphatic carbocycles. The molecule has 0 spiro atoms. The smallest absolute Gasteiger partial charge is 0.223 e. The summed E-state index contributed by atoms with van der Waals surface area (Å²) in [5.41, 5.74) is 0.160. The number of amides is 1. The normalized spacial score (nSPS) is 33.1. The van der Waals surface area contributed by atoms with E-state index in [-0.39, 0.29) is 5.41 Å². The molecule has 0 aromatic heterocycles. The lowest BCUT2D eigenvalue weighted by Gasteiger charge is -2.25. The van der Waals surface area contributed by atoms with Crippen LogP contribution < -0.4 is 5.32 Å². The van der Waals surface area contributed by atoms with Crippen LogP contribution >= 0.6 is 15.9 Å². The number of hydrogen-bond donors (Lipinski definition) is 1. The van der Waals surface area contributed by atoms with E-state index in [4.69, 9.17) is 0 Å². The molecule has 16 heavy (non-hydrogen) atoms. The number of hydrogen-bond acceptors (Lipinski definition) is 1. The van der Waals surface area contributed by atoms with Crippen LogP contribution in [0.5, 0.6) is 0 Å². The molecule has 1 amide bonds. The Morgan fingerprint density at radius 3 is 2.62 bits per heavy atom. The minimum Gasteiger partial charge on any atom is -0.355 e. The van der Waals surface area contributed by atoms with Gasteiger partial charge in [0.25, 0.3) is 0 Å². The van der Waals surface area contributed by atoms with Crippen LogP contribution in [-0.4, -0.2) is 17.8 Å². The van der Waals surface area contributed by atoms with E-state index in [0.717, 1.165) is 24.2 Å². The average molecular weight is 288 g/mol. The fourth-order valence-electron chi connectivity index (χ4n) is 3.07. The van der Waals surface area contributed by atoms with Crippen LogP contribution in [0.1, 0.15) is 39.5 Å². The Balaban J connectivity index is 1.81. The number of carbonyl (C=O) groups is 1. The van der Waals surface area contributed by atoms with Crippen molar-refractivity contribution in [2.75, 3.05) is 11.9 Å². The predicted octanol–water partition coefficient (Wildman–Crippen LogP) is 2.96. The van der Waals surface area contributed by atoms with Gasteiger partial charge in [-0.25, -0.2) is 0 Å². The third-order valence-corrected chi connectivity index (χ3v) is 5.70. The lowest BCUT2D eigenvalue weighted by molar-refractivity contribution is -0.126. The maximum absolute atomic E-state index is 12.1. The Morgan fingerprint density at radius 2 is 2.12 bits per heavy atom. The topological polar surface area (TPSA) is 29.1 Å². The number of fused-ring (bicyclic) bond motifs is 2. The van der Waals surface area contributed by atoms with E-state index < -0.39 is 0 Å². The molecular formula is C13H22BrNO. The van der Waals surface area contributed by atoms with Crippen LogP contribution in [0.4, 0.5) is 0 Å². The molecule has 0 aliphatic heterocycles. The van der Waals surface area contributed by atoms with Crippen molar-refractivity contribution < 1.29 is 4.79 Å². The Morgan fingerprint density at radius 1 is 1.38 bits per heavy atom. The van der Waals surface area contributed by atoms with Gasteiger partial charge in [0.15, 0.2) is 0 Å². The standard InChI is InChI=1S/C13H22BrNO/c1-13(2,7-14)8-15-12(16)11-6-9-3-4-10(11)5-9/h9-11H,3-8H2,1-2H3,(H,15,16). The quantitative estimate of drug-likeness (QED) is 0.792. The number of halogens is 1. The third-order valence-electron chi connectivity index (χ3n) is 4.18. The zero-order valence-corrected chi connectivity index (χ0v) is 11.8. The second-order valence-electron chi connectivity index (χ2n) is 6.30. The van der Waals surface area contributed by atoms with Gasteiger partial charge in [0.1, 0.15) is 0 Å². The van der Waals surface area contributed by atoms with Gasteiger partial charge in [0.05, 0.1) is 0 Å². The number of nitrogens with one attached hydrogen (secondary N) is 1. The van der Waals surface area contributed by atoms with E-state index in [0.29, 0.717) is 17.7 Å². The maximum Gasteiger partial charge on any atom is 0.223 e. The van der Waals surface area contributed by atoms with Crippen molar-refractivity contribution in [2.24, 2.45) is 23.2 Å². The average Bonchev–Trinajstić information content (AvgIpc) is 2.87. The van der Waals surface area contributed by atoms with Crippen LogP contribution in [0.15, 0.2) is 0 Å². The largest absolute Gasteiger partial charge is 0.355 e. The van der Waals surface area contributed by atoms with Crippen LogP contribution in [0.25, 0.3) is 0 Å². The molecule has 0 heterocycles.